The van der Waals surface area contributed by atoms with Gasteiger partial charge in [0.1, 0.15) is 6.04 Å². The number of halogens is 1. The predicted octanol–water partition coefficient (Wildman–Crippen LogP) is 3.60. The van der Waals surface area contributed by atoms with Crippen LogP contribution in [-0.4, -0.2) is 42.0 Å². The molecule has 0 radical (unpaired) electrons. The SMILES string of the molecule is C[C@H](C(=O)NC[C@H]1CCCO1)N(Cc1ccccc1)C(=O)Cc1ccc(Cl)cc1. The van der Waals surface area contributed by atoms with E-state index in [1.807, 2.05) is 42.5 Å². The van der Waals surface area contributed by atoms with E-state index in [2.05, 4.69) is 5.32 Å². The third-order valence-electron chi connectivity index (χ3n) is 5.16. The molecule has 1 fully saturated rings. The standard InChI is InChI=1S/C23H27ClN2O3/c1-17(23(28)25-15-21-8-5-13-29-21)26(16-19-6-3-2-4-7-19)22(27)14-18-9-11-20(24)12-10-18/h2-4,6-7,9-12,17,21H,5,8,13-16H2,1H3,(H,25,28)/t17-,21-/m1/s1. The van der Waals surface area contributed by atoms with Gasteiger partial charge >= 0.3 is 0 Å². The molecule has 3 rings (SSSR count). The van der Waals surface area contributed by atoms with Crippen LogP contribution in [0.5, 0.6) is 0 Å². The first-order chi connectivity index (χ1) is 14.0. The minimum atomic E-state index is -0.587. The summed E-state index contributed by atoms with van der Waals surface area (Å²) < 4.78 is 5.57. The number of ether oxygens (including phenoxy) is 1. The zero-order valence-corrected chi connectivity index (χ0v) is 17.4. The summed E-state index contributed by atoms with van der Waals surface area (Å²) in [6.45, 7) is 3.37. The lowest BCUT2D eigenvalue weighted by molar-refractivity contribution is -0.140. The summed E-state index contributed by atoms with van der Waals surface area (Å²) in [5.41, 5.74) is 1.85. The number of nitrogens with one attached hydrogen (secondary N) is 1. The second-order valence-corrected chi connectivity index (χ2v) is 7.80. The summed E-state index contributed by atoms with van der Waals surface area (Å²) in [6.07, 6.45) is 2.26. The molecule has 0 aliphatic carbocycles. The Labute approximate surface area is 177 Å². The van der Waals surface area contributed by atoms with Crippen LogP contribution < -0.4 is 5.32 Å². The molecule has 2 atom stereocenters. The molecule has 6 heteroatoms. The van der Waals surface area contributed by atoms with Gasteiger partial charge in [-0.05, 0) is 43.0 Å². The van der Waals surface area contributed by atoms with Crippen molar-refractivity contribution in [3.63, 3.8) is 0 Å². The summed E-state index contributed by atoms with van der Waals surface area (Å²) in [5, 5.41) is 3.57. The smallest absolute Gasteiger partial charge is 0.242 e. The van der Waals surface area contributed by atoms with Crippen molar-refractivity contribution in [3.8, 4) is 0 Å². The molecule has 154 valence electrons. The lowest BCUT2D eigenvalue weighted by Crippen LogP contribution is -2.49. The van der Waals surface area contributed by atoms with Crippen molar-refractivity contribution in [2.24, 2.45) is 0 Å². The minimum Gasteiger partial charge on any atom is -0.376 e. The first kappa shape index (κ1) is 21.3. The van der Waals surface area contributed by atoms with Gasteiger partial charge in [-0.1, -0.05) is 54.1 Å². The summed E-state index contributed by atoms with van der Waals surface area (Å²) in [6, 6.07) is 16.3. The van der Waals surface area contributed by atoms with Crippen molar-refractivity contribution < 1.29 is 14.3 Å². The molecule has 0 aromatic heterocycles. The van der Waals surface area contributed by atoms with E-state index in [1.165, 1.54) is 0 Å². The predicted molar refractivity (Wildman–Crippen MR) is 114 cm³/mol. The van der Waals surface area contributed by atoms with E-state index >= 15 is 0 Å². The lowest BCUT2D eigenvalue weighted by Gasteiger charge is -2.29. The van der Waals surface area contributed by atoms with Crippen molar-refractivity contribution >= 4 is 23.4 Å². The number of benzene rings is 2. The molecular weight excluding hydrogens is 388 g/mol. The van der Waals surface area contributed by atoms with Crippen LogP contribution in [0.25, 0.3) is 0 Å². The van der Waals surface area contributed by atoms with Crippen molar-refractivity contribution in [1.29, 1.82) is 0 Å². The highest BCUT2D eigenvalue weighted by Crippen LogP contribution is 2.15. The molecule has 1 N–H and O–H groups in total. The molecule has 5 nitrogen and oxygen atoms in total. The van der Waals surface area contributed by atoms with Gasteiger partial charge in [0.15, 0.2) is 0 Å². The summed E-state index contributed by atoms with van der Waals surface area (Å²) >= 11 is 5.94. The van der Waals surface area contributed by atoms with Gasteiger partial charge in [0.25, 0.3) is 0 Å². The second kappa shape index (κ2) is 10.4. The zero-order valence-electron chi connectivity index (χ0n) is 16.6. The molecular formula is C23H27ClN2O3. The van der Waals surface area contributed by atoms with E-state index in [-0.39, 0.29) is 24.3 Å². The topological polar surface area (TPSA) is 58.6 Å². The van der Waals surface area contributed by atoms with Gasteiger partial charge in [-0.2, -0.15) is 0 Å². The van der Waals surface area contributed by atoms with Gasteiger partial charge in [0, 0.05) is 24.7 Å². The normalized spacial score (nSPS) is 17.0. The Kier molecular flexibility index (Phi) is 7.67. The van der Waals surface area contributed by atoms with Crippen LogP contribution in [0.4, 0.5) is 0 Å². The Morgan fingerprint density at radius 1 is 1.14 bits per heavy atom. The monoisotopic (exact) mass is 414 g/mol. The van der Waals surface area contributed by atoms with Crippen LogP contribution in [0, 0.1) is 0 Å². The largest absolute Gasteiger partial charge is 0.376 e. The van der Waals surface area contributed by atoms with Crippen molar-refractivity contribution in [1.82, 2.24) is 10.2 Å². The molecule has 1 aliphatic heterocycles. The number of hydrogen-bond donors (Lipinski definition) is 1. The Bertz CT molecular complexity index is 805. The van der Waals surface area contributed by atoms with E-state index in [0.717, 1.165) is 30.6 Å². The van der Waals surface area contributed by atoms with Gasteiger partial charge in [-0.3, -0.25) is 9.59 Å². The number of rotatable bonds is 8. The fourth-order valence-corrected chi connectivity index (χ4v) is 3.53. The van der Waals surface area contributed by atoms with Crippen LogP contribution in [0.1, 0.15) is 30.9 Å². The van der Waals surface area contributed by atoms with E-state index in [4.69, 9.17) is 16.3 Å². The zero-order chi connectivity index (χ0) is 20.6. The molecule has 0 saturated carbocycles. The van der Waals surface area contributed by atoms with E-state index < -0.39 is 6.04 Å². The average molecular weight is 415 g/mol. The highest BCUT2D eigenvalue weighted by molar-refractivity contribution is 6.30. The molecule has 0 bridgehead atoms. The van der Waals surface area contributed by atoms with Crippen molar-refractivity contribution in [2.45, 2.75) is 44.9 Å². The first-order valence-electron chi connectivity index (χ1n) is 10.00. The van der Waals surface area contributed by atoms with Crippen molar-refractivity contribution in [3.05, 3.63) is 70.7 Å². The first-order valence-corrected chi connectivity index (χ1v) is 10.4. The Morgan fingerprint density at radius 3 is 2.52 bits per heavy atom. The molecule has 29 heavy (non-hydrogen) atoms. The molecule has 0 spiro atoms. The molecule has 1 heterocycles. The maximum atomic E-state index is 13.1. The second-order valence-electron chi connectivity index (χ2n) is 7.37. The van der Waals surface area contributed by atoms with Crippen molar-refractivity contribution in [2.75, 3.05) is 13.2 Å². The molecule has 2 aromatic carbocycles. The maximum absolute atomic E-state index is 13.1. The number of amides is 2. The molecule has 1 saturated heterocycles. The number of nitrogens with zero attached hydrogens (tertiary/aromatic N) is 1. The van der Waals surface area contributed by atoms with Crippen LogP contribution >= 0.6 is 11.6 Å². The summed E-state index contributed by atoms with van der Waals surface area (Å²) in [5.74, 6) is -0.267. The Balaban J connectivity index is 1.69. The van der Waals surface area contributed by atoms with E-state index in [0.29, 0.717) is 18.1 Å². The third kappa shape index (κ3) is 6.31. The third-order valence-corrected chi connectivity index (χ3v) is 5.41. The fourth-order valence-electron chi connectivity index (χ4n) is 3.41. The lowest BCUT2D eigenvalue weighted by atomic mass is 10.1. The van der Waals surface area contributed by atoms with E-state index in [9.17, 15) is 9.59 Å². The number of carbonyl (C=O) groups is 2. The van der Waals surface area contributed by atoms with Gasteiger partial charge in [-0.15, -0.1) is 0 Å². The highest BCUT2D eigenvalue weighted by atomic mass is 35.5. The minimum absolute atomic E-state index is 0.0680. The quantitative estimate of drug-likeness (QED) is 0.718. The van der Waals surface area contributed by atoms with Crippen LogP contribution in [0.3, 0.4) is 0 Å². The molecule has 2 aromatic rings. The maximum Gasteiger partial charge on any atom is 0.242 e. The average Bonchev–Trinajstić information content (AvgIpc) is 3.26. The fraction of sp³-hybridized carbons (Fsp3) is 0.391. The number of hydrogen-bond acceptors (Lipinski definition) is 3. The van der Waals surface area contributed by atoms with Crippen LogP contribution in [-0.2, 0) is 27.3 Å². The van der Waals surface area contributed by atoms with Crippen LogP contribution in [0.15, 0.2) is 54.6 Å². The summed E-state index contributed by atoms with van der Waals surface area (Å²) in [7, 11) is 0. The molecule has 1 aliphatic rings. The van der Waals surface area contributed by atoms with Gasteiger partial charge in [0.2, 0.25) is 11.8 Å². The molecule has 0 unspecified atom stereocenters. The Hall–Kier alpha value is -2.37. The Morgan fingerprint density at radius 2 is 1.86 bits per heavy atom. The van der Waals surface area contributed by atoms with Gasteiger partial charge < -0.3 is 15.0 Å². The number of carbonyl (C=O) groups excluding carboxylic acids is 2. The van der Waals surface area contributed by atoms with Gasteiger partial charge in [-0.25, -0.2) is 0 Å². The molecule has 2 amide bonds. The van der Waals surface area contributed by atoms with Gasteiger partial charge in [0.05, 0.1) is 12.5 Å². The summed E-state index contributed by atoms with van der Waals surface area (Å²) in [4.78, 5) is 27.5. The highest BCUT2D eigenvalue weighted by Gasteiger charge is 2.27. The van der Waals surface area contributed by atoms with Crippen LogP contribution in [0.2, 0.25) is 5.02 Å². The van der Waals surface area contributed by atoms with E-state index in [1.54, 1.807) is 24.0 Å².